The van der Waals surface area contributed by atoms with Gasteiger partial charge >= 0.3 is 0 Å². The molecule has 3 fully saturated rings. The molecule has 1 spiro atoms. The Balaban J connectivity index is 1.16. The standard InChI is InChI=1S/C35H32FN2O4/c36-29-18-37(17-20-10-11-20)27-16-22-12-15-28(41-19-21-6-2-1-3-7-21)31-30(22)35(29)25(27)13-14-26(32(35)42-31)38-33(39)23-8-4-5-9-24(23)34(38)40/h1-9,12,15,20,26-27,29,32H,10-11,13-14,16-19H2/t26-,27-,29-,32+,35+/m1/s1. The molecule has 9 rings (SSSR count). The molecule has 2 saturated carbocycles. The molecule has 1 saturated heterocycles. The first kappa shape index (κ1) is 24.8. The Labute approximate surface area is 244 Å². The summed E-state index contributed by atoms with van der Waals surface area (Å²) in [5, 5.41) is 0. The zero-order valence-electron chi connectivity index (χ0n) is 23.3. The van der Waals surface area contributed by atoms with Crippen molar-refractivity contribution >= 4 is 11.8 Å². The van der Waals surface area contributed by atoms with Crippen LogP contribution in [0.4, 0.5) is 4.39 Å². The lowest BCUT2D eigenvalue weighted by atomic mass is 9.50. The molecule has 3 aliphatic carbocycles. The summed E-state index contributed by atoms with van der Waals surface area (Å²) in [5.74, 6) is 2.40. The second-order valence-electron chi connectivity index (χ2n) is 12.9. The molecule has 3 aromatic rings. The zero-order chi connectivity index (χ0) is 28.2. The van der Waals surface area contributed by atoms with Crippen LogP contribution >= 0.6 is 0 Å². The molecule has 0 aromatic heterocycles. The summed E-state index contributed by atoms with van der Waals surface area (Å²) in [5.41, 5.74) is 2.84. The number of rotatable bonds is 6. The van der Waals surface area contributed by atoms with Gasteiger partial charge in [-0.15, -0.1) is 0 Å². The molecule has 7 heteroatoms. The Morgan fingerprint density at radius 1 is 0.929 bits per heavy atom. The van der Waals surface area contributed by atoms with Crippen LogP contribution in [0, 0.1) is 11.8 Å². The van der Waals surface area contributed by atoms with Gasteiger partial charge in [0, 0.05) is 30.6 Å². The zero-order valence-corrected chi connectivity index (χ0v) is 23.3. The fourth-order valence-corrected chi connectivity index (χ4v) is 8.69. The predicted octanol–water partition coefficient (Wildman–Crippen LogP) is 5.29. The van der Waals surface area contributed by atoms with Gasteiger partial charge in [-0.2, -0.15) is 0 Å². The molecule has 0 unspecified atom stereocenters. The first-order valence-corrected chi connectivity index (χ1v) is 15.3. The number of hydrogen-bond donors (Lipinski definition) is 0. The van der Waals surface area contributed by atoms with Crippen molar-refractivity contribution in [2.45, 2.75) is 68.5 Å². The number of alkyl halides is 1. The maximum Gasteiger partial charge on any atom is 0.261 e. The van der Waals surface area contributed by atoms with Crippen LogP contribution in [0.2, 0.25) is 0 Å². The molecule has 1 radical (unpaired) electrons. The normalized spacial score (nSPS) is 31.1. The summed E-state index contributed by atoms with van der Waals surface area (Å²) in [6.07, 6.45) is 2.59. The molecule has 3 aromatic carbocycles. The minimum Gasteiger partial charge on any atom is -0.485 e. The van der Waals surface area contributed by atoms with Crippen LogP contribution in [0.1, 0.15) is 63.1 Å². The molecule has 5 atom stereocenters. The molecule has 6 aliphatic rings. The van der Waals surface area contributed by atoms with Gasteiger partial charge in [0.1, 0.15) is 18.9 Å². The second-order valence-corrected chi connectivity index (χ2v) is 12.9. The van der Waals surface area contributed by atoms with Crippen molar-refractivity contribution in [1.29, 1.82) is 0 Å². The number of fused-ring (bicyclic) bond motifs is 1. The quantitative estimate of drug-likeness (QED) is 0.382. The van der Waals surface area contributed by atoms with Crippen molar-refractivity contribution in [2.75, 3.05) is 13.1 Å². The molecular formula is C35H32FN2O4. The van der Waals surface area contributed by atoms with Crippen LogP contribution in [0.25, 0.3) is 0 Å². The highest BCUT2D eigenvalue weighted by atomic mass is 19.1. The first-order chi connectivity index (χ1) is 20.6. The number of amides is 2. The van der Waals surface area contributed by atoms with Gasteiger partial charge in [-0.25, -0.2) is 4.39 Å². The van der Waals surface area contributed by atoms with Gasteiger partial charge in [-0.1, -0.05) is 48.5 Å². The Bertz CT molecular complexity index is 1590. The lowest BCUT2D eigenvalue weighted by Crippen LogP contribution is -2.72. The van der Waals surface area contributed by atoms with Gasteiger partial charge in [0.2, 0.25) is 0 Å². The largest absolute Gasteiger partial charge is 0.485 e. The SMILES string of the molecule is O=C1c2ccccc2C(=O)N1[C@@H]1CC[C]2[C@H]3Cc4ccc(OCc5ccccc5)c5c4[C@]2([C@H](F)CN3CC2CC2)[C@H]1O5. The molecule has 42 heavy (non-hydrogen) atoms. The Hall–Kier alpha value is -3.71. The molecule has 6 nitrogen and oxygen atoms in total. The van der Waals surface area contributed by atoms with E-state index in [0.29, 0.717) is 54.5 Å². The van der Waals surface area contributed by atoms with E-state index in [1.165, 1.54) is 23.7 Å². The Morgan fingerprint density at radius 2 is 1.67 bits per heavy atom. The van der Waals surface area contributed by atoms with E-state index in [-0.39, 0.29) is 17.9 Å². The summed E-state index contributed by atoms with van der Waals surface area (Å²) >= 11 is 0. The summed E-state index contributed by atoms with van der Waals surface area (Å²) < 4.78 is 30.4. The van der Waals surface area contributed by atoms with Gasteiger partial charge in [-0.3, -0.25) is 19.4 Å². The van der Waals surface area contributed by atoms with Crippen molar-refractivity contribution < 1.29 is 23.5 Å². The highest BCUT2D eigenvalue weighted by Gasteiger charge is 2.72. The molecule has 2 bridgehead atoms. The van der Waals surface area contributed by atoms with Crippen LogP contribution in [0.5, 0.6) is 11.5 Å². The van der Waals surface area contributed by atoms with E-state index in [2.05, 4.69) is 11.0 Å². The number of benzene rings is 3. The first-order valence-electron chi connectivity index (χ1n) is 15.3. The molecule has 3 aliphatic heterocycles. The number of carbonyl (C=O) groups is 2. The fourth-order valence-electron chi connectivity index (χ4n) is 8.69. The Kier molecular flexibility index (Phi) is 5.26. The van der Waals surface area contributed by atoms with E-state index in [4.69, 9.17) is 9.47 Å². The van der Waals surface area contributed by atoms with Crippen LogP contribution in [0.3, 0.4) is 0 Å². The van der Waals surface area contributed by atoms with Crippen molar-refractivity contribution in [3.05, 3.63) is 100 Å². The van der Waals surface area contributed by atoms with E-state index < -0.39 is 23.7 Å². The van der Waals surface area contributed by atoms with Gasteiger partial charge in [-0.05, 0) is 67.3 Å². The van der Waals surface area contributed by atoms with E-state index in [1.807, 2.05) is 36.4 Å². The van der Waals surface area contributed by atoms with Gasteiger partial charge in [0.05, 0.1) is 22.6 Å². The smallest absolute Gasteiger partial charge is 0.261 e. The summed E-state index contributed by atoms with van der Waals surface area (Å²) in [7, 11) is 0. The second kappa shape index (κ2) is 8.90. The average Bonchev–Trinajstić information content (AvgIpc) is 3.70. The van der Waals surface area contributed by atoms with Crippen molar-refractivity contribution in [1.82, 2.24) is 9.80 Å². The average molecular weight is 564 g/mol. The lowest BCUT2D eigenvalue weighted by Gasteiger charge is -2.60. The molecular weight excluding hydrogens is 531 g/mol. The number of halogens is 1. The highest BCUT2D eigenvalue weighted by Crippen LogP contribution is 2.66. The van der Waals surface area contributed by atoms with Crippen molar-refractivity contribution in [3.63, 3.8) is 0 Å². The Morgan fingerprint density at radius 3 is 2.40 bits per heavy atom. The van der Waals surface area contributed by atoms with Crippen LogP contribution in [0.15, 0.2) is 66.7 Å². The van der Waals surface area contributed by atoms with Crippen LogP contribution in [-0.4, -0.2) is 59.1 Å². The number of piperidine rings is 1. The van der Waals surface area contributed by atoms with Crippen molar-refractivity contribution in [2.24, 2.45) is 5.92 Å². The minimum absolute atomic E-state index is 0.140. The topological polar surface area (TPSA) is 59.1 Å². The number of likely N-dealkylation sites (tertiary alicyclic amines) is 1. The summed E-state index contributed by atoms with van der Waals surface area (Å²) in [6, 6.07) is 20.5. The lowest BCUT2D eigenvalue weighted by molar-refractivity contribution is -0.0572. The van der Waals surface area contributed by atoms with Gasteiger partial charge in [0.15, 0.2) is 11.5 Å². The van der Waals surface area contributed by atoms with E-state index in [1.54, 1.807) is 24.3 Å². The number of carbonyl (C=O) groups excluding carboxylic acids is 2. The number of hydrogen-bond acceptors (Lipinski definition) is 5. The third-order valence-corrected chi connectivity index (χ3v) is 10.6. The highest BCUT2D eigenvalue weighted by molar-refractivity contribution is 6.21. The minimum atomic E-state index is -1.21. The third-order valence-electron chi connectivity index (χ3n) is 10.6. The molecule has 3 heterocycles. The van der Waals surface area contributed by atoms with Crippen molar-refractivity contribution in [3.8, 4) is 11.5 Å². The molecule has 2 amide bonds. The third kappa shape index (κ3) is 3.29. The van der Waals surface area contributed by atoms with Crippen LogP contribution < -0.4 is 9.47 Å². The number of ether oxygens (including phenoxy) is 2. The molecule has 0 N–H and O–H groups in total. The molecule has 213 valence electrons. The van der Waals surface area contributed by atoms with E-state index in [0.717, 1.165) is 29.7 Å². The fraction of sp³-hybridized carbons (Fsp3) is 0.400. The number of nitrogens with zero attached hydrogens (tertiary/aromatic N) is 2. The predicted molar refractivity (Wildman–Crippen MR) is 153 cm³/mol. The maximum absolute atomic E-state index is 17.2. The monoisotopic (exact) mass is 563 g/mol. The van der Waals surface area contributed by atoms with Gasteiger partial charge < -0.3 is 9.47 Å². The van der Waals surface area contributed by atoms with Gasteiger partial charge in [0.25, 0.3) is 11.8 Å². The van der Waals surface area contributed by atoms with Crippen LogP contribution in [-0.2, 0) is 18.4 Å². The van der Waals surface area contributed by atoms with E-state index in [9.17, 15) is 9.59 Å². The van der Waals surface area contributed by atoms with E-state index >= 15 is 4.39 Å². The summed E-state index contributed by atoms with van der Waals surface area (Å²) in [6.45, 7) is 1.63. The summed E-state index contributed by atoms with van der Waals surface area (Å²) in [4.78, 5) is 31.2. The maximum atomic E-state index is 17.2. The number of imide groups is 1.